The SMILES string of the molecule is COC1=CC(=O)c2ccc3c(c2C1=O)CCCC3(C)C. The van der Waals surface area contributed by atoms with Gasteiger partial charge in [0.05, 0.1) is 7.11 Å². The van der Waals surface area contributed by atoms with E-state index in [0.717, 1.165) is 24.8 Å². The van der Waals surface area contributed by atoms with Crippen LogP contribution in [0.1, 0.15) is 58.5 Å². The van der Waals surface area contributed by atoms with E-state index in [9.17, 15) is 9.59 Å². The second kappa shape index (κ2) is 4.30. The predicted molar refractivity (Wildman–Crippen MR) is 76.2 cm³/mol. The highest BCUT2D eigenvalue weighted by Gasteiger charge is 2.35. The van der Waals surface area contributed by atoms with Gasteiger partial charge in [-0.15, -0.1) is 0 Å². The van der Waals surface area contributed by atoms with Crippen molar-refractivity contribution in [2.75, 3.05) is 7.11 Å². The number of benzene rings is 1. The summed E-state index contributed by atoms with van der Waals surface area (Å²) < 4.78 is 5.06. The molecule has 0 fully saturated rings. The molecule has 0 saturated carbocycles. The normalized spacial score (nSPS) is 20.1. The van der Waals surface area contributed by atoms with Gasteiger partial charge in [-0.2, -0.15) is 0 Å². The molecule has 0 atom stereocenters. The molecule has 0 spiro atoms. The molecule has 0 unspecified atom stereocenters. The number of carbonyl (C=O) groups excluding carboxylic acids is 2. The van der Waals surface area contributed by atoms with Gasteiger partial charge in [0.1, 0.15) is 0 Å². The van der Waals surface area contributed by atoms with Gasteiger partial charge in [-0.25, -0.2) is 0 Å². The van der Waals surface area contributed by atoms with Crippen LogP contribution in [0, 0.1) is 0 Å². The number of Topliss-reactive ketones (excluding diaryl/α,β-unsaturated/α-hetero) is 1. The van der Waals surface area contributed by atoms with Gasteiger partial charge < -0.3 is 4.74 Å². The van der Waals surface area contributed by atoms with Crippen LogP contribution >= 0.6 is 0 Å². The Bertz CT molecular complexity index is 650. The molecule has 0 aliphatic heterocycles. The topological polar surface area (TPSA) is 43.4 Å². The molecular formula is C17H18O3. The van der Waals surface area contributed by atoms with Crippen LogP contribution < -0.4 is 0 Å². The van der Waals surface area contributed by atoms with Crippen molar-refractivity contribution in [3.05, 3.63) is 46.2 Å². The zero-order valence-corrected chi connectivity index (χ0v) is 12.1. The predicted octanol–water partition coefficient (Wildman–Crippen LogP) is 3.21. The first-order valence-electron chi connectivity index (χ1n) is 6.97. The maximum Gasteiger partial charge on any atom is 0.228 e. The summed E-state index contributed by atoms with van der Waals surface area (Å²) in [6, 6.07) is 3.81. The Hall–Kier alpha value is -1.90. The molecule has 0 aromatic heterocycles. The van der Waals surface area contributed by atoms with Gasteiger partial charge in [-0.1, -0.05) is 19.9 Å². The third-order valence-corrected chi connectivity index (χ3v) is 4.47. The van der Waals surface area contributed by atoms with Crippen molar-refractivity contribution in [2.24, 2.45) is 0 Å². The molecule has 0 bridgehead atoms. The van der Waals surface area contributed by atoms with E-state index in [2.05, 4.69) is 13.8 Å². The highest BCUT2D eigenvalue weighted by atomic mass is 16.5. The number of hydrogen-bond donors (Lipinski definition) is 0. The van der Waals surface area contributed by atoms with Crippen LogP contribution in [0.3, 0.4) is 0 Å². The molecular weight excluding hydrogens is 252 g/mol. The van der Waals surface area contributed by atoms with Crippen molar-refractivity contribution >= 4 is 11.6 Å². The maximum atomic E-state index is 12.5. The van der Waals surface area contributed by atoms with Gasteiger partial charge in [0.2, 0.25) is 5.78 Å². The van der Waals surface area contributed by atoms with Gasteiger partial charge >= 0.3 is 0 Å². The molecule has 1 aromatic rings. The molecule has 2 aliphatic rings. The smallest absolute Gasteiger partial charge is 0.228 e. The third-order valence-electron chi connectivity index (χ3n) is 4.47. The number of allylic oxidation sites excluding steroid dienone is 2. The Balaban J connectivity index is 2.27. The minimum atomic E-state index is -0.156. The van der Waals surface area contributed by atoms with Crippen LogP contribution in [0.4, 0.5) is 0 Å². The number of fused-ring (bicyclic) bond motifs is 3. The first kappa shape index (κ1) is 13.1. The zero-order valence-electron chi connectivity index (χ0n) is 12.1. The average molecular weight is 270 g/mol. The number of methoxy groups -OCH3 is 1. The van der Waals surface area contributed by atoms with Crippen molar-refractivity contribution in [3.8, 4) is 0 Å². The second-order valence-corrected chi connectivity index (χ2v) is 6.16. The molecule has 0 N–H and O–H groups in total. The molecule has 104 valence electrons. The summed E-state index contributed by atoms with van der Waals surface area (Å²) in [5.41, 5.74) is 3.38. The first-order chi connectivity index (χ1) is 9.45. The number of hydrogen-bond acceptors (Lipinski definition) is 3. The lowest BCUT2D eigenvalue weighted by molar-refractivity contribution is 0.0915. The quantitative estimate of drug-likeness (QED) is 0.787. The molecule has 0 saturated heterocycles. The lowest BCUT2D eigenvalue weighted by Gasteiger charge is -2.34. The van der Waals surface area contributed by atoms with Crippen molar-refractivity contribution < 1.29 is 14.3 Å². The van der Waals surface area contributed by atoms with Gasteiger partial charge in [0.25, 0.3) is 0 Å². The maximum absolute atomic E-state index is 12.5. The van der Waals surface area contributed by atoms with Crippen LogP contribution in [0.15, 0.2) is 24.0 Å². The summed E-state index contributed by atoms with van der Waals surface area (Å²) in [4.78, 5) is 24.7. The number of ketones is 2. The molecule has 2 aliphatic carbocycles. The lowest BCUT2D eigenvalue weighted by Crippen LogP contribution is -2.28. The number of carbonyl (C=O) groups is 2. The third kappa shape index (κ3) is 1.73. The zero-order chi connectivity index (χ0) is 14.5. The fraction of sp³-hybridized carbons (Fsp3) is 0.412. The summed E-state index contributed by atoms with van der Waals surface area (Å²) in [5, 5.41) is 0. The average Bonchev–Trinajstić information content (AvgIpc) is 2.41. The molecule has 0 heterocycles. The van der Waals surface area contributed by atoms with E-state index in [0.29, 0.717) is 11.1 Å². The van der Waals surface area contributed by atoms with Gasteiger partial charge in [0.15, 0.2) is 11.5 Å². The molecule has 3 heteroatoms. The van der Waals surface area contributed by atoms with Crippen LogP contribution in [0.2, 0.25) is 0 Å². The van der Waals surface area contributed by atoms with Crippen LogP contribution in [-0.4, -0.2) is 18.7 Å². The monoisotopic (exact) mass is 270 g/mol. The number of rotatable bonds is 1. The minimum absolute atomic E-state index is 0.0559. The second-order valence-electron chi connectivity index (χ2n) is 6.16. The Morgan fingerprint density at radius 3 is 2.65 bits per heavy atom. The standard InChI is InChI=1S/C17H18O3/c1-17(2)8-4-5-10-12(17)7-6-11-13(18)9-14(20-3)16(19)15(10)11/h6-7,9H,4-5,8H2,1-3H3. The van der Waals surface area contributed by atoms with Gasteiger partial charge in [-0.3, -0.25) is 9.59 Å². The van der Waals surface area contributed by atoms with Crippen LogP contribution in [-0.2, 0) is 16.6 Å². The van der Waals surface area contributed by atoms with Crippen molar-refractivity contribution in [1.29, 1.82) is 0 Å². The largest absolute Gasteiger partial charge is 0.492 e. The molecule has 0 radical (unpaired) electrons. The Kier molecular flexibility index (Phi) is 2.82. The fourth-order valence-electron chi connectivity index (χ4n) is 3.39. The van der Waals surface area contributed by atoms with Crippen LogP contribution in [0.5, 0.6) is 0 Å². The van der Waals surface area contributed by atoms with Gasteiger partial charge in [0, 0.05) is 17.2 Å². The first-order valence-corrected chi connectivity index (χ1v) is 6.97. The summed E-state index contributed by atoms with van der Waals surface area (Å²) in [5.74, 6) is -0.140. The molecule has 3 nitrogen and oxygen atoms in total. The van der Waals surface area contributed by atoms with E-state index in [1.54, 1.807) is 6.07 Å². The lowest BCUT2D eigenvalue weighted by atomic mass is 9.69. The summed E-state index contributed by atoms with van der Waals surface area (Å²) in [6.45, 7) is 4.39. The Labute approximate surface area is 118 Å². The van der Waals surface area contributed by atoms with E-state index in [4.69, 9.17) is 4.74 Å². The van der Waals surface area contributed by atoms with E-state index in [-0.39, 0.29) is 22.7 Å². The van der Waals surface area contributed by atoms with E-state index < -0.39 is 0 Å². The van der Waals surface area contributed by atoms with E-state index in [1.807, 2.05) is 6.07 Å². The summed E-state index contributed by atoms with van der Waals surface area (Å²) >= 11 is 0. The molecule has 20 heavy (non-hydrogen) atoms. The van der Waals surface area contributed by atoms with Crippen LogP contribution in [0.25, 0.3) is 0 Å². The minimum Gasteiger partial charge on any atom is -0.492 e. The molecule has 1 aromatic carbocycles. The van der Waals surface area contributed by atoms with Crippen molar-refractivity contribution in [2.45, 2.75) is 38.5 Å². The van der Waals surface area contributed by atoms with Crippen molar-refractivity contribution in [1.82, 2.24) is 0 Å². The Morgan fingerprint density at radius 2 is 1.95 bits per heavy atom. The van der Waals surface area contributed by atoms with Gasteiger partial charge in [-0.05, 0) is 41.9 Å². The summed E-state index contributed by atoms with van der Waals surface area (Å²) in [6.07, 6.45) is 4.31. The fourth-order valence-corrected chi connectivity index (χ4v) is 3.39. The van der Waals surface area contributed by atoms with E-state index in [1.165, 1.54) is 18.7 Å². The Morgan fingerprint density at radius 1 is 1.20 bits per heavy atom. The van der Waals surface area contributed by atoms with E-state index >= 15 is 0 Å². The highest BCUT2D eigenvalue weighted by Crippen LogP contribution is 2.40. The number of ether oxygens (including phenoxy) is 1. The molecule has 0 amide bonds. The highest BCUT2D eigenvalue weighted by molar-refractivity contribution is 6.24. The molecule has 3 rings (SSSR count). The van der Waals surface area contributed by atoms with Crippen molar-refractivity contribution in [3.63, 3.8) is 0 Å². The summed E-state index contributed by atoms with van der Waals surface area (Å²) in [7, 11) is 1.43.